The van der Waals surface area contributed by atoms with E-state index in [4.69, 9.17) is 11.6 Å². The molecule has 24 heavy (non-hydrogen) atoms. The highest BCUT2D eigenvalue weighted by molar-refractivity contribution is 6.30. The van der Waals surface area contributed by atoms with Gasteiger partial charge >= 0.3 is 5.97 Å². The van der Waals surface area contributed by atoms with Crippen molar-refractivity contribution in [2.45, 2.75) is 19.8 Å². The van der Waals surface area contributed by atoms with Crippen LogP contribution in [-0.2, 0) is 0 Å². The lowest BCUT2D eigenvalue weighted by Crippen LogP contribution is -2.15. The normalized spacial score (nSPS) is 11.4. The molecule has 0 saturated carbocycles. The lowest BCUT2D eigenvalue weighted by molar-refractivity contribution is 0.0695. The molecule has 0 aliphatic heterocycles. The van der Waals surface area contributed by atoms with E-state index in [1.807, 2.05) is 0 Å². The molecule has 0 atom stereocenters. The quantitative estimate of drug-likeness (QED) is 0.759. The fourth-order valence-electron chi connectivity index (χ4n) is 2.64. The number of hydrogen-bond donors (Lipinski definition) is 2. The van der Waals surface area contributed by atoms with E-state index in [0.717, 1.165) is 6.07 Å². The van der Waals surface area contributed by atoms with Crippen molar-refractivity contribution in [2.75, 3.05) is 0 Å². The van der Waals surface area contributed by atoms with Gasteiger partial charge in [-0.25, -0.2) is 13.7 Å². The summed E-state index contributed by atoms with van der Waals surface area (Å²) >= 11 is 5.65. The van der Waals surface area contributed by atoms with Crippen LogP contribution >= 0.6 is 11.6 Å². The molecule has 0 saturated heterocycles. The number of aromatic carboxylic acids is 1. The summed E-state index contributed by atoms with van der Waals surface area (Å²) in [5.41, 5.74) is 0.423. The number of H-pyrrole nitrogens is 1. The van der Waals surface area contributed by atoms with Gasteiger partial charge in [0.05, 0.1) is 10.6 Å². The zero-order chi connectivity index (χ0) is 17.6. The molecular formula is C16H13ClFN3O3. The molecular weight excluding hydrogens is 337 g/mol. The first-order valence-electron chi connectivity index (χ1n) is 7.14. The van der Waals surface area contributed by atoms with Gasteiger partial charge in [-0.1, -0.05) is 25.4 Å². The Morgan fingerprint density at radius 3 is 2.71 bits per heavy atom. The molecule has 124 valence electrons. The third kappa shape index (κ3) is 2.56. The minimum atomic E-state index is -1.14. The van der Waals surface area contributed by atoms with E-state index in [9.17, 15) is 19.1 Å². The Bertz CT molecular complexity index is 1020. The van der Waals surface area contributed by atoms with Crippen molar-refractivity contribution >= 4 is 23.1 Å². The molecule has 3 aromatic rings. The van der Waals surface area contributed by atoms with Crippen LogP contribution in [0.15, 0.2) is 29.2 Å². The Kier molecular flexibility index (Phi) is 3.88. The number of hydrogen-bond acceptors (Lipinski definition) is 3. The Balaban J connectivity index is 2.30. The minimum absolute atomic E-state index is 0.0161. The fourth-order valence-corrected chi connectivity index (χ4v) is 2.76. The highest BCUT2D eigenvalue weighted by Gasteiger charge is 2.22. The minimum Gasteiger partial charge on any atom is -0.478 e. The van der Waals surface area contributed by atoms with Gasteiger partial charge in [0.15, 0.2) is 5.82 Å². The van der Waals surface area contributed by atoms with Crippen LogP contribution in [0.5, 0.6) is 0 Å². The lowest BCUT2D eigenvalue weighted by Gasteiger charge is -2.06. The third-order valence-corrected chi connectivity index (χ3v) is 3.99. The van der Waals surface area contributed by atoms with Crippen molar-refractivity contribution in [1.82, 2.24) is 14.6 Å². The molecule has 6 nitrogen and oxygen atoms in total. The van der Waals surface area contributed by atoms with Crippen LogP contribution < -0.4 is 5.56 Å². The van der Waals surface area contributed by atoms with Crippen LogP contribution in [0.25, 0.3) is 16.9 Å². The Morgan fingerprint density at radius 1 is 1.42 bits per heavy atom. The summed E-state index contributed by atoms with van der Waals surface area (Å²) < 4.78 is 14.8. The van der Waals surface area contributed by atoms with Gasteiger partial charge in [0.1, 0.15) is 11.3 Å². The standard InChI is InChI=1S/C16H13ClFN3O3/c1-7(2)12-9(16(23)24)6-21-13(12)15(22)19-14(20-21)8-3-4-10(17)11(18)5-8/h3-7H,1-2H3,(H,23,24)(H,19,20,22). The summed E-state index contributed by atoms with van der Waals surface area (Å²) in [7, 11) is 0. The number of carboxylic acids is 1. The maximum atomic E-state index is 13.6. The second-order valence-corrected chi connectivity index (χ2v) is 6.05. The van der Waals surface area contributed by atoms with Crippen molar-refractivity contribution in [3.8, 4) is 11.4 Å². The van der Waals surface area contributed by atoms with Gasteiger partial charge in [0.25, 0.3) is 5.56 Å². The van der Waals surface area contributed by atoms with E-state index in [-0.39, 0.29) is 27.8 Å². The number of carbonyl (C=O) groups is 1. The Labute approximate surface area is 140 Å². The second-order valence-electron chi connectivity index (χ2n) is 5.64. The SMILES string of the molecule is CC(C)c1c(C(=O)O)cn2nc(-c3ccc(Cl)c(F)c3)[nH]c(=O)c12. The van der Waals surface area contributed by atoms with Crippen LogP contribution in [-0.4, -0.2) is 25.7 Å². The number of halogens is 2. The van der Waals surface area contributed by atoms with E-state index in [1.54, 1.807) is 13.8 Å². The zero-order valence-electron chi connectivity index (χ0n) is 12.8. The summed E-state index contributed by atoms with van der Waals surface area (Å²) in [4.78, 5) is 26.5. The molecule has 0 aliphatic carbocycles. The number of fused-ring (bicyclic) bond motifs is 1. The van der Waals surface area contributed by atoms with Crippen LogP contribution in [0.1, 0.15) is 35.7 Å². The topological polar surface area (TPSA) is 87.5 Å². The molecule has 0 unspecified atom stereocenters. The first kappa shape index (κ1) is 16.2. The largest absolute Gasteiger partial charge is 0.478 e. The van der Waals surface area contributed by atoms with Crippen LogP contribution in [0, 0.1) is 5.82 Å². The van der Waals surface area contributed by atoms with Crippen molar-refractivity contribution < 1.29 is 14.3 Å². The van der Waals surface area contributed by atoms with Gasteiger partial charge in [-0.2, -0.15) is 0 Å². The Morgan fingerprint density at radius 2 is 2.12 bits per heavy atom. The smallest absolute Gasteiger partial charge is 0.337 e. The van der Waals surface area contributed by atoms with Crippen molar-refractivity contribution in [3.63, 3.8) is 0 Å². The predicted octanol–water partition coefficient (Wildman–Crippen LogP) is 3.30. The summed E-state index contributed by atoms with van der Waals surface area (Å²) in [6.07, 6.45) is 1.29. The highest BCUT2D eigenvalue weighted by Crippen LogP contribution is 2.26. The summed E-state index contributed by atoms with van der Waals surface area (Å²) in [5, 5.41) is 13.5. The molecule has 0 amide bonds. The van der Waals surface area contributed by atoms with Gasteiger partial charge in [-0.15, -0.1) is 5.10 Å². The van der Waals surface area contributed by atoms with E-state index >= 15 is 0 Å². The number of aromatic amines is 1. The third-order valence-electron chi connectivity index (χ3n) is 3.68. The molecule has 0 aliphatic rings. The maximum Gasteiger partial charge on any atom is 0.337 e. The number of aromatic nitrogens is 3. The van der Waals surface area contributed by atoms with Crippen LogP contribution in [0.4, 0.5) is 4.39 Å². The van der Waals surface area contributed by atoms with E-state index in [2.05, 4.69) is 10.1 Å². The fraction of sp³-hybridized carbons (Fsp3) is 0.188. The van der Waals surface area contributed by atoms with Gasteiger partial charge in [-0.3, -0.25) is 4.79 Å². The molecule has 2 N–H and O–H groups in total. The average Bonchev–Trinajstić information content (AvgIpc) is 2.90. The van der Waals surface area contributed by atoms with Gasteiger partial charge in [-0.05, 0) is 24.1 Å². The molecule has 0 radical (unpaired) electrons. The van der Waals surface area contributed by atoms with Crippen molar-refractivity contribution in [1.29, 1.82) is 0 Å². The van der Waals surface area contributed by atoms with Crippen molar-refractivity contribution in [2.24, 2.45) is 0 Å². The monoisotopic (exact) mass is 349 g/mol. The zero-order valence-corrected chi connectivity index (χ0v) is 13.6. The van der Waals surface area contributed by atoms with E-state index in [1.165, 1.54) is 22.8 Å². The summed E-state index contributed by atoms with van der Waals surface area (Å²) in [6.45, 7) is 3.59. The number of rotatable bonds is 3. The van der Waals surface area contributed by atoms with E-state index < -0.39 is 17.3 Å². The molecule has 8 heteroatoms. The first-order valence-corrected chi connectivity index (χ1v) is 7.51. The molecule has 0 spiro atoms. The molecule has 1 aromatic carbocycles. The molecule has 3 rings (SSSR count). The second kappa shape index (κ2) is 5.76. The number of carboxylic acid groups (broad SMARTS) is 1. The first-order chi connectivity index (χ1) is 11.3. The maximum absolute atomic E-state index is 13.6. The van der Waals surface area contributed by atoms with Gasteiger partial charge in [0, 0.05) is 17.3 Å². The number of nitrogens with zero attached hydrogens (tertiary/aromatic N) is 2. The molecule has 0 fully saturated rings. The van der Waals surface area contributed by atoms with Crippen LogP contribution in [0.2, 0.25) is 5.02 Å². The van der Waals surface area contributed by atoms with Gasteiger partial charge in [0.2, 0.25) is 0 Å². The Hall–Kier alpha value is -2.67. The van der Waals surface area contributed by atoms with Crippen molar-refractivity contribution in [3.05, 3.63) is 56.7 Å². The molecule has 2 heterocycles. The van der Waals surface area contributed by atoms with E-state index in [0.29, 0.717) is 11.1 Å². The van der Waals surface area contributed by atoms with Gasteiger partial charge < -0.3 is 10.1 Å². The molecule has 0 bridgehead atoms. The average molecular weight is 350 g/mol. The predicted molar refractivity (Wildman–Crippen MR) is 87.3 cm³/mol. The number of nitrogens with one attached hydrogen (secondary N) is 1. The number of benzene rings is 1. The molecule has 2 aromatic heterocycles. The summed E-state index contributed by atoms with van der Waals surface area (Å²) in [6, 6.07) is 4.02. The van der Waals surface area contributed by atoms with Crippen LogP contribution in [0.3, 0.4) is 0 Å². The highest BCUT2D eigenvalue weighted by atomic mass is 35.5. The summed E-state index contributed by atoms with van der Waals surface area (Å²) in [5.74, 6) is -1.84. The lowest BCUT2D eigenvalue weighted by atomic mass is 10.0.